The fourth-order valence-electron chi connectivity index (χ4n) is 1.70. The summed E-state index contributed by atoms with van der Waals surface area (Å²) < 4.78 is 12.9. The molecule has 5 heteroatoms. The molecule has 0 aliphatic carbocycles. The summed E-state index contributed by atoms with van der Waals surface area (Å²) in [6.07, 6.45) is 0. The zero-order chi connectivity index (χ0) is 14.7. The maximum atomic E-state index is 12.9. The summed E-state index contributed by atoms with van der Waals surface area (Å²) in [6.45, 7) is 10.8. The summed E-state index contributed by atoms with van der Waals surface area (Å²) in [5.41, 5.74) is 6.60. The van der Waals surface area contributed by atoms with Crippen molar-refractivity contribution in [1.82, 2.24) is 5.32 Å². The Bertz CT molecular complexity index is 447. The SMILES string of the molecule is CC(C)(C)NC(N)=NCC(C)(C)c1ccc(F)cc1.I. The lowest BCUT2D eigenvalue weighted by atomic mass is 9.85. The number of hydrogen-bond donors (Lipinski definition) is 2. The van der Waals surface area contributed by atoms with E-state index in [1.807, 2.05) is 20.8 Å². The summed E-state index contributed by atoms with van der Waals surface area (Å²) in [5, 5.41) is 3.12. The lowest BCUT2D eigenvalue weighted by molar-refractivity contribution is 0.500. The van der Waals surface area contributed by atoms with E-state index >= 15 is 0 Å². The minimum Gasteiger partial charge on any atom is -0.370 e. The largest absolute Gasteiger partial charge is 0.370 e. The van der Waals surface area contributed by atoms with Crippen molar-refractivity contribution in [3.63, 3.8) is 0 Å². The van der Waals surface area contributed by atoms with Crippen molar-refractivity contribution in [2.75, 3.05) is 6.54 Å². The van der Waals surface area contributed by atoms with Crippen molar-refractivity contribution in [2.24, 2.45) is 10.7 Å². The molecule has 0 aromatic heterocycles. The predicted molar refractivity (Wildman–Crippen MR) is 94.2 cm³/mol. The highest BCUT2D eigenvalue weighted by molar-refractivity contribution is 14.0. The van der Waals surface area contributed by atoms with E-state index in [4.69, 9.17) is 5.73 Å². The van der Waals surface area contributed by atoms with Crippen LogP contribution in [0.15, 0.2) is 29.3 Å². The van der Waals surface area contributed by atoms with E-state index in [1.54, 1.807) is 12.1 Å². The van der Waals surface area contributed by atoms with Gasteiger partial charge in [-0.1, -0.05) is 26.0 Å². The zero-order valence-corrected chi connectivity index (χ0v) is 15.2. The first-order chi connectivity index (χ1) is 8.60. The van der Waals surface area contributed by atoms with Crippen LogP contribution in [0, 0.1) is 5.82 Å². The molecule has 0 fully saturated rings. The lowest BCUT2D eigenvalue weighted by Gasteiger charge is -2.25. The third-order valence-corrected chi connectivity index (χ3v) is 2.77. The molecule has 0 saturated carbocycles. The highest BCUT2D eigenvalue weighted by Gasteiger charge is 2.20. The molecule has 0 spiro atoms. The van der Waals surface area contributed by atoms with E-state index in [0.717, 1.165) is 5.56 Å². The van der Waals surface area contributed by atoms with Gasteiger partial charge in [0, 0.05) is 11.0 Å². The number of nitrogens with two attached hydrogens (primary N) is 1. The van der Waals surface area contributed by atoms with Gasteiger partial charge in [0.1, 0.15) is 5.82 Å². The average Bonchev–Trinajstić information content (AvgIpc) is 2.25. The van der Waals surface area contributed by atoms with Crippen LogP contribution < -0.4 is 11.1 Å². The molecule has 20 heavy (non-hydrogen) atoms. The first kappa shape index (κ1) is 19.1. The van der Waals surface area contributed by atoms with Crippen LogP contribution >= 0.6 is 24.0 Å². The van der Waals surface area contributed by atoms with Gasteiger partial charge < -0.3 is 11.1 Å². The quantitative estimate of drug-likeness (QED) is 0.470. The molecular formula is C15H25FIN3. The van der Waals surface area contributed by atoms with Gasteiger partial charge in [-0.2, -0.15) is 0 Å². The Balaban J connectivity index is 0.00000361. The molecule has 114 valence electrons. The van der Waals surface area contributed by atoms with Crippen LogP contribution in [0.2, 0.25) is 0 Å². The van der Waals surface area contributed by atoms with Gasteiger partial charge in [-0.15, -0.1) is 24.0 Å². The average molecular weight is 393 g/mol. The number of rotatable bonds is 3. The number of nitrogens with zero attached hydrogens (tertiary/aromatic N) is 1. The van der Waals surface area contributed by atoms with E-state index in [1.165, 1.54) is 12.1 Å². The van der Waals surface area contributed by atoms with E-state index < -0.39 is 0 Å². The number of benzene rings is 1. The van der Waals surface area contributed by atoms with Gasteiger partial charge in [0.05, 0.1) is 6.54 Å². The van der Waals surface area contributed by atoms with Gasteiger partial charge in [0.25, 0.3) is 0 Å². The monoisotopic (exact) mass is 393 g/mol. The highest BCUT2D eigenvalue weighted by Crippen LogP contribution is 2.23. The summed E-state index contributed by atoms with van der Waals surface area (Å²) in [6, 6.07) is 6.52. The van der Waals surface area contributed by atoms with E-state index in [0.29, 0.717) is 12.5 Å². The van der Waals surface area contributed by atoms with Crippen LogP contribution in [0.25, 0.3) is 0 Å². The molecule has 0 bridgehead atoms. The normalized spacial score (nSPS) is 12.8. The third kappa shape index (κ3) is 6.54. The number of halogens is 2. The fraction of sp³-hybridized carbons (Fsp3) is 0.533. The Kier molecular flexibility index (Phi) is 6.93. The van der Waals surface area contributed by atoms with Crippen molar-refractivity contribution in [3.05, 3.63) is 35.6 Å². The standard InChI is InChI=1S/C15H24FN3.HI/c1-14(2,3)19-13(17)18-10-15(4,5)11-6-8-12(16)9-7-11;/h6-9H,10H2,1-5H3,(H3,17,18,19);1H. The number of hydrogen-bond acceptors (Lipinski definition) is 1. The summed E-state index contributed by atoms with van der Waals surface area (Å²) in [5.74, 6) is 0.208. The molecule has 0 unspecified atom stereocenters. The molecule has 1 rings (SSSR count). The van der Waals surface area contributed by atoms with Crippen molar-refractivity contribution >= 4 is 29.9 Å². The number of nitrogens with one attached hydrogen (secondary N) is 1. The predicted octanol–water partition coefficient (Wildman–Crippen LogP) is 3.42. The Morgan fingerprint density at radius 2 is 1.65 bits per heavy atom. The van der Waals surface area contributed by atoms with Crippen molar-refractivity contribution in [2.45, 2.75) is 45.6 Å². The van der Waals surface area contributed by atoms with E-state index in [9.17, 15) is 4.39 Å². The second-order valence-corrected chi connectivity index (χ2v) is 6.47. The molecule has 0 amide bonds. The van der Waals surface area contributed by atoms with Gasteiger partial charge >= 0.3 is 0 Å². The van der Waals surface area contributed by atoms with Gasteiger partial charge in [-0.25, -0.2) is 4.39 Å². The van der Waals surface area contributed by atoms with Crippen molar-refractivity contribution in [3.8, 4) is 0 Å². The van der Waals surface area contributed by atoms with Gasteiger partial charge in [0.2, 0.25) is 0 Å². The molecule has 0 aliphatic heterocycles. The van der Waals surface area contributed by atoms with Gasteiger partial charge in [-0.05, 0) is 38.5 Å². The fourth-order valence-corrected chi connectivity index (χ4v) is 1.70. The van der Waals surface area contributed by atoms with Gasteiger partial charge in [-0.3, -0.25) is 4.99 Å². The van der Waals surface area contributed by atoms with Crippen LogP contribution in [0.4, 0.5) is 4.39 Å². The molecule has 3 nitrogen and oxygen atoms in total. The zero-order valence-electron chi connectivity index (χ0n) is 12.8. The van der Waals surface area contributed by atoms with Crippen molar-refractivity contribution < 1.29 is 4.39 Å². The van der Waals surface area contributed by atoms with Crippen LogP contribution in [-0.4, -0.2) is 18.0 Å². The maximum Gasteiger partial charge on any atom is 0.189 e. The van der Waals surface area contributed by atoms with Crippen LogP contribution in [0.1, 0.15) is 40.2 Å². The maximum absolute atomic E-state index is 12.9. The molecule has 0 aliphatic rings. The second kappa shape index (κ2) is 7.24. The highest BCUT2D eigenvalue weighted by atomic mass is 127. The topological polar surface area (TPSA) is 50.4 Å². The molecule has 0 saturated heterocycles. The second-order valence-electron chi connectivity index (χ2n) is 6.47. The molecular weight excluding hydrogens is 368 g/mol. The molecule has 0 radical (unpaired) electrons. The molecule has 1 aromatic rings. The summed E-state index contributed by atoms with van der Waals surface area (Å²) in [7, 11) is 0. The Morgan fingerprint density at radius 1 is 1.15 bits per heavy atom. The minimum absolute atomic E-state index is 0. The van der Waals surface area contributed by atoms with Gasteiger partial charge in [0.15, 0.2) is 5.96 Å². The van der Waals surface area contributed by atoms with Crippen LogP contribution in [0.3, 0.4) is 0 Å². The molecule has 0 heterocycles. The molecule has 3 N–H and O–H groups in total. The molecule has 0 atom stereocenters. The van der Waals surface area contributed by atoms with Crippen LogP contribution in [0.5, 0.6) is 0 Å². The third-order valence-electron chi connectivity index (χ3n) is 2.77. The summed E-state index contributed by atoms with van der Waals surface area (Å²) >= 11 is 0. The first-order valence-electron chi connectivity index (χ1n) is 6.44. The first-order valence-corrected chi connectivity index (χ1v) is 6.44. The minimum atomic E-state index is -0.225. The van der Waals surface area contributed by atoms with Crippen LogP contribution in [-0.2, 0) is 5.41 Å². The van der Waals surface area contributed by atoms with Crippen molar-refractivity contribution in [1.29, 1.82) is 0 Å². The summed E-state index contributed by atoms with van der Waals surface area (Å²) in [4.78, 5) is 4.37. The van der Waals surface area contributed by atoms with E-state index in [-0.39, 0.29) is 40.7 Å². The Hall–Kier alpha value is -0.850. The Labute approximate surface area is 138 Å². The number of guanidine groups is 1. The lowest BCUT2D eigenvalue weighted by Crippen LogP contribution is -2.45. The smallest absolute Gasteiger partial charge is 0.189 e. The molecule has 1 aromatic carbocycles. The van der Waals surface area contributed by atoms with E-state index in [2.05, 4.69) is 24.2 Å². The Morgan fingerprint density at radius 3 is 2.10 bits per heavy atom. The number of aliphatic imine (C=N–C) groups is 1.